The van der Waals surface area contributed by atoms with E-state index in [1.54, 1.807) is 90.4 Å². The summed E-state index contributed by atoms with van der Waals surface area (Å²) in [5.41, 5.74) is -0.398. The van der Waals surface area contributed by atoms with E-state index in [0.29, 0.717) is 0 Å². The molecular weight excluding hydrogens is 1470 g/mol. The van der Waals surface area contributed by atoms with Crippen molar-refractivity contribution in [2.75, 3.05) is 78.0 Å². The fraction of sp³-hybridized carbons (Fsp3) is 0.455. The molecule has 59 heavy (non-hydrogen) atoms. The largest absolute Gasteiger partial charge is 0.394 e. The fourth-order valence-electron chi connectivity index (χ4n) is 4.91. The average Bonchev–Trinajstić information content (AvgIpc) is 3.19. The zero-order chi connectivity index (χ0) is 45.0. The summed E-state index contributed by atoms with van der Waals surface area (Å²) >= 11 is 10.6. The number of carbonyl (C=O) groups is 6. The van der Waals surface area contributed by atoms with Crippen LogP contribution in [0.25, 0.3) is 0 Å². The molecule has 20 nitrogen and oxygen atoms in total. The van der Waals surface area contributed by atoms with Crippen molar-refractivity contribution >= 4 is 182 Å². The second kappa shape index (κ2) is 25.6. The zero-order valence-electron chi connectivity index (χ0n) is 31.1. The molecule has 0 aromatic heterocycles. The highest BCUT2D eigenvalue weighted by molar-refractivity contribution is 14.1. The number of rotatable bonds is 20. The summed E-state index contributed by atoms with van der Waals surface area (Å²) in [5.74, 6) is -4.60. The summed E-state index contributed by atoms with van der Waals surface area (Å²) in [7, 11) is 4.02. The van der Waals surface area contributed by atoms with Gasteiger partial charge in [0.05, 0.1) is 98.7 Å². The van der Waals surface area contributed by atoms with Crippen LogP contribution in [0.3, 0.4) is 0 Å². The van der Waals surface area contributed by atoms with Gasteiger partial charge in [0.15, 0.2) is 4.05 Å². The van der Waals surface area contributed by atoms with Gasteiger partial charge in [0, 0.05) is 37.9 Å². The van der Waals surface area contributed by atoms with Crippen LogP contribution in [-0.2, 0) is 14.3 Å². The molecular formula is C33H40I6N6O14. The Morgan fingerprint density at radius 1 is 0.661 bits per heavy atom. The van der Waals surface area contributed by atoms with Gasteiger partial charge < -0.3 is 71.5 Å². The number of aliphatic hydroxyl groups excluding tert-OH is 7. The third kappa shape index (κ3) is 14.4. The van der Waals surface area contributed by atoms with Crippen LogP contribution in [0, 0.1) is 17.9 Å². The Bertz CT molecular complexity index is 1860. The van der Waals surface area contributed by atoms with Crippen molar-refractivity contribution in [2.45, 2.75) is 28.4 Å². The van der Waals surface area contributed by atoms with Crippen molar-refractivity contribution in [1.82, 2.24) is 20.4 Å². The predicted molar refractivity (Wildman–Crippen MR) is 262 cm³/mol. The molecule has 0 saturated heterocycles. The highest BCUT2D eigenvalue weighted by Crippen LogP contribution is 2.37. The topological polar surface area (TPSA) is 308 Å². The van der Waals surface area contributed by atoms with Crippen LogP contribution in [0.15, 0.2) is 6.07 Å². The van der Waals surface area contributed by atoms with E-state index in [2.05, 4.69) is 21.3 Å². The minimum Gasteiger partial charge on any atom is -0.394 e. The monoisotopic (exact) mass is 1510 g/mol. The van der Waals surface area contributed by atoms with Crippen molar-refractivity contribution in [2.24, 2.45) is 0 Å². The van der Waals surface area contributed by atoms with Crippen molar-refractivity contribution in [1.29, 1.82) is 0 Å². The van der Waals surface area contributed by atoms with Gasteiger partial charge in [0.2, 0.25) is 5.91 Å². The minimum absolute atomic E-state index is 0.000827. The highest BCUT2D eigenvalue weighted by Gasteiger charge is 2.34. The van der Waals surface area contributed by atoms with Crippen molar-refractivity contribution in [3.63, 3.8) is 0 Å². The minimum atomic E-state index is -1.53. The maximum Gasteiger partial charge on any atom is 0.257 e. The quantitative estimate of drug-likeness (QED) is 0.0462. The molecule has 6 amide bonds. The summed E-state index contributed by atoms with van der Waals surface area (Å²) in [5, 5.41) is 78.0. The third-order valence-electron chi connectivity index (χ3n) is 7.96. The number of nitrogens with zero attached hydrogens (tertiary/aromatic N) is 2. The number of ether oxygens (including phenoxy) is 1. The number of methoxy groups -OCH3 is 1. The van der Waals surface area contributed by atoms with Crippen LogP contribution in [0.2, 0.25) is 0 Å². The van der Waals surface area contributed by atoms with Crippen LogP contribution in [0.5, 0.6) is 0 Å². The van der Waals surface area contributed by atoms with Gasteiger partial charge in [-0.3, -0.25) is 28.8 Å². The number of aliphatic hydroxyl groups is 7. The molecule has 0 bridgehead atoms. The predicted octanol–water partition coefficient (Wildman–Crippen LogP) is -0.282. The average molecular weight is 1510 g/mol. The second-order valence-corrected chi connectivity index (χ2v) is 19.0. The van der Waals surface area contributed by atoms with Crippen molar-refractivity contribution in [3.05, 3.63) is 46.2 Å². The standard InChI is InChI=1S/C33H40I6N6O14/c1-44(5-12(50)7-46)32(57)19-23(36)20(33(58)45(2)6-13(51)8-47)25(38)27(24(19)37)42-31(56)28(39)43-30(55)15-4-14(29(54)40-16(9-48)17(52)10-49)21(34)26(22(15)35)41-18(53)11-59-3/h4,12-13,16-17,28,46-52H,5-11H2,1-3H3,(H,40,54)(H,41,53)(H,42,56)(H,43,55). The number of alkyl halides is 1. The van der Waals surface area contributed by atoms with Gasteiger partial charge in [-0.2, -0.15) is 0 Å². The Labute approximate surface area is 419 Å². The molecule has 328 valence electrons. The van der Waals surface area contributed by atoms with E-state index >= 15 is 0 Å². The Morgan fingerprint density at radius 3 is 1.51 bits per heavy atom. The Kier molecular flexibility index (Phi) is 23.6. The van der Waals surface area contributed by atoms with Crippen LogP contribution < -0.4 is 21.3 Å². The summed E-state index contributed by atoms with van der Waals surface area (Å²) in [6.07, 6.45) is -4.10. The van der Waals surface area contributed by atoms with E-state index < -0.39 is 90.3 Å². The van der Waals surface area contributed by atoms with Crippen LogP contribution in [-0.4, -0.2) is 177 Å². The normalized spacial score (nSPS) is 13.7. The van der Waals surface area contributed by atoms with Gasteiger partial charge in [-0.1, -0.05) is 0 Å². The number of amides is 6. The molecule has 0 aliphatic rings. The van der Waals surface area contributed by atoms with Gasteiger partial charge in [0.1, 0.15) is 6.61 Å². The molecule has 0 radical (unpaired) electrons. The molecule has 0 aliphatic heterocycles. The number of anilines is 2. The number of benzene rings is 2. The summed E-state index contributed by atoms with van der Waals surface area (Å²) in [4.78, 5) is 83.7. The van der Waals surface area contributed by atoms with Crippen LogP contribution >= 0.6 is 136 Å². The Balaban J connectivity index is 2.67. The van der Waals surface area contributed by atoms with Gasteiger partial charge in [-0.15, -0.1) is 0 Å². The molecule has 0 fully saturated rings. The molecule has 0 heterocycles. The lowest BCUT2D eigenvalue weighted by Gasteiger charge is -2.26. The summed E-state index contributed by atoms with van der Waals surface area (Å²) < 4.78 is 4.36. The van der Waals surface area contributed by atoms with E-state index in [1.807, 2.05) is 45.2 Å². The summed E-state index contributed by atoms with van der Waals surface area (Å²) in [6.45, 7) is -3.75. The lowest BCUT2D eigenvalue weighted by atomic mass is 10.1. The number of carbonyl (C=O) groups excluding carboxylic acids is 6. The first-order chi connectivity index (χ1) is 27.6. The molecule has 26 heteroatoms. The van der Waals surface area contributed by atoms with E-state index in [-0.39, 0.29) is 71.2 Å². The fourth-order valence-corrected chi connectivity index (χ4v) is 11.8. The zero-order valence-corrected chi connectivity index (χ0v) is 44.0. The number of halogens is 6. The summed E-state index contributed by atoms with van der Waals surface area (Å²) in [6, 6.07) is -0.122. The number of likely N-dealkylation sites (N-methyl/N-ethyl adjacent to an activating group) is 2. The first-order valence-electron chi connectivity index (χ1n) is 16.7. The SMILES string of the molecule is COCC(=O)Nc1c(I)c(C(=O)NC(I)C(=O)Nc2c(I)c(C(=O)N(C)CC(O)CO)c(I)c(C(=O)N(C)CC(O)CO)c2I)cc(C(=O)NC(CO)C(O)CO)c1I. The van der Waals surface area contributed by atoms with Crippen molar-refractivity contribution < 1.29 is 69.2 Å². The molecule has 5 unspecified atom stereocenters. The van der Waals surface area contributed by atoms with Crippen molar-refractivity contribution in [3.8, 4) is 0 Å². The lowest BCUT2D eigenvalue weighted by Crippen LogP contribution is -2.47. The molecule has 5 atom stereocenters. The molecule has 11 N–H and O–H groups in total. The smallest absolute Gasteiger partial charge is 0.257 e. The Hall–Kier alpha value is -0.680. The first kappa shape index (κ1) is 54.5. The number of hydrogen-bond acceptors (Lipinski definition) is 14. The van der Waals surface area contributed by atoms with E-state index in [4.69, 9.17) is 4.74 Å². The maximum atomic E-state index is 13.9. The molecule has 0 saturated carbocycles. The molecule has 2 rings (SSSR count). The Morgan fingerprint density at radius 2 is 1.10 bits per heavy atom. The lowest BCUT2D eigenvalue weighted by molar-refractivity contribution is -0.119. The first-order valence-corrected chi connectivity index (χ1v) is 23.3. The van der Waals surface area contributed by atoms with Crippen LogP contribution in [0.1, 0.15) is 41.4 Å². The highest BCUT2D eigenvalue weighted by atomic mass is 127. The van der Waals surface area contributed by atoms with E-state index in [1.165, 1.54) is 27.3 Å². The maximum absolute atomic E-state index is 13.9. The van der Waals surface area contributed by atoms with Gasteiger partial charge >= 0.3 is 0 Å². The third-order valence-corrected chi connectivity index (χ3v) is 14.3. The number of nitrogens with one attached hydrogen (secondary N) is 4. The second-order valence-electron chi connectivity index (χ2n) is 12.4. The van der Waals surface area contributed by atoms with Gasteiger partial charge in [-0.05, 0) is 142 Å². The molecule has 0 aliphatic carbocycles. The van der Waals surface area contributed by atoms with Crippen LogP contribution in [0.4, 0.5) is 11.4 Å². The molecule has 0 spiro atoms. The molecule has 2 aromatic rings. The number of hydrogen-bond donors (Lipinski definition) is 11. The van der Waals surface area contributed by atoms with E-state index in [9.17, 15) is 64.5 Å². The van der Waals surface area contributed by atoms with Gasteiger partial charge in [-0.25, -0.2) is 0 Å². The van der Waals surface area contributed by atoms with Gasteiger partial charge in [0.25, 0.3) is 29.5 Å². The molecule has 2 aromatic carbocycles. The van der Waals surface area contributed by atoms with E-state index in [0.717, 1.165) is 9.80 Å².